The van der Waals surface area contributed by atoms with Crippen molar-refractivity contribution in [2.45, 2.75) is 232 Å². The molecule has 0 bridgehead atoms. The third kappa shape index (κ3) is 37.5. The Balaban J connectivity index is 3.45. The van der Waals surface area contributed by atoms with Crippen LogP contribution < -0.4 is 0 Å². The molecule has 0 aliphatic heterocycles. The lowest BCUT2D eigenvalue weighted by atomic mass is 10.0. The lowest BCUT2D eigenvalue weighted by Crippen LogP contribution is -2.22. The van der Waals surface area contributed by atoms with Gasteiger partial charge >= 0.3 is 5.97 Å². The molecule has 0 aromatic rings. The van der Waals surface area contributed by atoms with Crippen molar-refractivity contribution >= 4 is 5.97 Å². The molecule has 258 valence electrons. The molecule has 0 unspecified atom stereocenters. The highest BCUT2D eigenvalue weighted by molar-refractivity contribution is 5.67. The normalized spacial score (nSPS) is 11.6. The molecule has 0 heterocycles. The average Bonchev–Trinajstić information content (AvgIpc) is 2.99. The van der Waals surface area contributed by atoms with Gasteiger partial charge in [0.1, 0.15) is 0 Å². The summed E-state index contributed by atoms with van der Waals surface area (Å²) in [5.74, 6) is -0.844. The maximum Gasteiger partial charge on any atom is 0.308 e. The van der Waals surface area contributed by atoms with Crippen LogP contribution in [0.4, 0.5) is 0 Å². The Morgan fingerprint density at radius 2 is 0.605 bits per heavy atom. The van der Waals surface area contributed by atoms with E-state index in [9.17, 15) is 9.90 Å². The van der Waals surface area contributed by atoms with Gasteiger partial charge in [-0.1, -0.05) is 206 Å². The van der Waals surface area contributed by atoms with Crippen LogP contribution in [0.5, 0.6) is 0 Å². The predicted octanol–water partition coefficient (Wildman–Crippen LogP) is 13.3. The van der Waals surface area contributed by atoms with E-state index in [0.29, 0.717) is 13.2 Å². The van der Waals surface area contributed by atoms with E-state index in [1.54, 1.807) is 0 Å². The highest BCUT2D eigenvalue weighted by atomic mass is 16.7. The summed E-state index contributed by atoms with van der Waals surface area (Å²) in [5.41, 5.74) is 0. The number of ether oxygens (including phenoxy) is 2. The molecule has 1 N–H and O–H groups in total. The van der Waals surface area contributed by atoms with E-state index in [1.165, 1.54) is 180 Å². The second-order valence-electron chi connectivity index (χ2n) is 13.4. The molecule has 0 aromatic carbocycles. The van der Waals surface area contributed by atoms with E-state index >= 15 is 0 Å². The van der Waals surface area contributed by atoms with Crippen molar-refractivity contribution in [1.29, 1.82) is 0 Å². The van der Waals surface area contributed by atoms with Crippen LogP contribution in [0.25, 0.3) is 0 Å². The quantitative estimate of drug-likeness (QED) is 0.0558. The van der Waals surface area contributed by atoms with Gasteiger partial charge in [-0.3, -0.25) is 4.79 Å². The maximum absolute atomic E-state index is 11.2. The standard InChI is InChI=1S/C39H78O4/c1-3-5-7-9-11-13-15-17-19-21-23-25-27-29-31-33-35-42-39(37-38(40)41)43-36-34-32-30-28-26-24-22-20-18-16-14-12-10-8-6-4-2/h39H,3-37H2,1-2H3,(H,40,41). The Morgan fingerprint density at radius 1 is 0.395 bits per heavy atom. The molecule has 0 rings (SSSR count). The maximum atomic E-state index is 11.2. The van der Waals surface area contributed by atoms with Gasteiger partial charge in [-0.2, -0.15) is 0 Å². The first-order valence-corrected chi connectivity index (χ1v) is 19.7. The highest BCUT2D eigenvalue weighted by Crippen LogP contribution is 2.16. The summed E-state index contributed by atoms with van der Waals surface area (Å²) < 4.78 is 11.6. The number of carbonyl (C=O) groups is 1. The molecule has 43 heavy (non-hydrogen) atoms. The zero-order valence-corrected chi connectivity index (χ0v) is 29.5. The monoisotopic (exact) mass is 611 g/mol. The van der Waals surface area contributed by atoms with Crippen molar-refractivity contribution in [3.8, 4) is 0 Å². The molecule has 0 atom stereocenters. The molecule has 0 aromatic heterocycles. The van der Waals surface area contributed by atoms with Crippen molar-refractivity contribution in [3.63, 3.8) is 0 Å². The second-order valence-corrected chi connectivity index (χ2v) is 13.4. The van der Waals surface area contributed by atoms with E-state index in [-0.39, 0.29) is 6.42 Å². The largest absolute Gasteiger partial charge is 0.481 e. The molecule has 0 saturated heterocycles. The number of hydrogen-bond donors (Lipinski definition) is 1. The predicted molar refractivity (Wildman–Crippen MR) is 187 cm³/mol. The summed E-state index contributed by atoms with van der Waals surface area (Å²) in [4.78, 5) is 11.2. The molecule has 0 radical (unpaired) electrons. The van der Waals surface area contributed by atoms with E-state index < -0.39 is 12.3 Å². The Morgan fingerprint density at radius 3 is 0.814 bits per heavy atom. The van der Waals surface area contributed by atoms with Gasteiger partial charge in [0.2, 0.25) is 0 Å². The minimum Gasteiger partial charge on any atom is -0.481 e. The molecule has 0 fully saturated rings. The van der Waals surface area contributed by atoms with Crippen molar-refractivity contribution in [3.05, 3.63) is 0 Å². The first-order valence-electron chi connectivity index (χ1n) is 19.7. The minimum absolute atomic E-state index is 0.0578. The summed E-state index contributed by atoms with van der Waals surface area (Å²) in [6.45, 7) is 5.78. The van der Waals surface area contributed by atoms with Crippen molar-refractivity contribution in [2.24, 2.45) is 0 Å². The molecular weight excluding hydrogens is 532 g/mol. The van der Waals surface area contributed by atoms with Crippen molar-refractivity contribution in [2.75, 3.05) is 13.2 Å². The van der Waals surface area contributed by atoms with Crippen LogP contribution in [0.3, 0.4) is 0 Å². The van der Waals surface area contributed by atoms with Crippen LogP contribution in [0.1, 0.15) is 226 Å². The van der Waals surface area contributed by atoms with Crippen LogP contribution in [-0.4, -0.2) is 30.6 Å². The van der Waals surface area contributed by atoms with Crippen molar-refractivity contribution in [1.82, 2.24) is 0 Å². The second kappa shape index (κ2) is 37.6. The Labute approximate surface area is 270 Å². The van der Waals surface area contributed by atoms with Crippen LogP contribution in [0.15, 0.2) is 0 Å². The molecule has 0 spiro atoms. The fraction of sp³-hybridized carbons (Fsp3) is 0.974. The first kappa shape index (κ1) is 42.4. The van der Waals surface area contributed by atoms with Gasteiger partial charge in [-0.15, -0.1) is 0 Å². The lowest BCUT2D eigenvalue weighted by molar-refractivity contribution is -0.167. The van der Waals surface area contributed by atoms with Gasteiger partial charge in [-0.05, 0) is 12.8 Å². The number of hydrogen-bond acceptors (Lipinski definition) is 3. The van der Waals surface area contributed by atoms with Crippen LogP contribution >= 0.6 is 0 Å². The highest BCUT2D eigenvalue weighted by Gasteiger charge is 2.14. The zero-order chi connectivity index (χ0) is 31.3. The molecule has 0 amide bonds. The van der Waals surface area contributed by atoms with E-state index in [4.69, 9.17) is 9.47 Å². The molecule has 0 aliphatic rings. The smallest absolute Gasteiger partial charge is 0.308 e. The fourth-order valence-corrected chi connectivity index (χ4v) is 6.04. The van der Waals surface area contributed by atoms with Gasteiger partial charge in [0.15, 0.2) is 6.29 Å². The number of carboxylic acids is 1. The Kier molecular flexibility index (Phi) is 37.0. The molecular formula is C39H78O4. The number of rotatable bonds is 38. The van der Waals surface area contributed by atoms with E-state index in [1.807, 2.05) is 0 Å². The van der Waals surface area contributed by atoms with E-state index in [0.717, 1.165) is 25.7 Å². The summed E-state index contributed by atoms with van der Waals surface area (Å²) in [5, 5.41) is 9.21. The molecule has 0 aliphatic carbocycles. The summed E-state index contributed by atoms with van der Waals surface area (Å²) in [6, 6.07) is 0. The Hall–Kier alpha value is -0.610. The zero-order valence-electron chi connectivity index (χ0n) is 29.5. The topological polar surface area (TPSA) is 55.8 Å². The molecule has 4 heteroatoms. The van der Waals surface area contributed by atoms with Crippen molar-refractivity contribution < 1.29 is 19.4 Å². The van der Waals surface area contributed by atoms with Crippen LogP contribution in [0.2, 0.25) is 0 Å². The summed E-state index contributed by atoms with van der Waals surface area (Å²) in [7, 11) is 0. The molecule has 4 nitrogen and oxygen atoms in total. The number of aliphatic carboxylic acids is 1. The van der Waals surface area contributed by atoms with Gasteiger partial charge in [0, 0.05) is 13.2 Å². The van der Waals surface area contributed by atoms with Crippen LogP contribution in [-0.2, 0) is 14.3 Å². The fourth-order valence-electron chi connectivity index (χ4n) is 6.04. The van der Waals surface area contributed by atoms with Gasteiger partial charge in [0.05, 0.1) is 6.42 Å². The lowest BCUT2D eigenvalue weighted by Gasteiger charge is -2.17. The third-order valence-corrected chi connectivity index (χ3v) is 8.94. The van der Waals surface area contributed by atoms with Crippen LogP contribution in [0, 0.1) is 0 Å². The number of carboxylic acid groups (broad SMARTS) is 1. The van der Waals surface area contributed by atoms with Gasteiger partial charge < -0.3 is 14.6 Å². The summed E-state index contributed by atoms with van der Waals surface area (Å²) >= 11 is 0. The minimum atomic E-state index is -0.844. The number of unbranched alkanes of at least 4 members (excludes halogenated alkanes) is 30. The first-order chi connectivity index (χ1) is 21.2. The Bertz CT molecular complexity index is 485. The third-order valence-electron chi connectivity index (χ3n) is 8.94. The SMILES string of the molecule is CCCCCCCCCCCCCCCCCCOC(CC(=O)O)OCCCCCCCCCCCCCCCCCC. The van der Waals surface area contributed by atoms with Gasteiger partial charge in [-0.25, -0.2) is 0 Å². The van der Waals surface area contributed by atoms with Gasteiger partial charge in [0.25, 0.3) is 0 Å². The molecule has 0 saturated carbocycles. The van der Waals surface area contributed by atoms with E-state index in [2.05, 4.69) is 13.8 Å². The summed E-state index contributed by atoms with van der Waals surface area (Å²) in [6.07, 6.45) is 42.5. The average molecular weight is 611 g/mol.